The fourth-order valence-corrected chi connectivity index (χ4v) is 3.31. The smallest absolute Gasteiger partial charge is 0.181 e. The lowest BCUT2D eigenvalue weighted by Gasteiger charge is -2.36. The molecule has 0 atom stereocenters. The third-order valence-electron chi connectivity index (χ3n) is 4.78. The van der Waals surface area contributed by atoms with Crippen LogP contribution in [-0.2, 0) is 6.54 Å². The maximum atomic E-state index is 5.74. The molecule has 0 spiro atoms. The van der Waals surface area contributed by atoms with Gasteiger partial charge in [-0.1, -0.05) is 20.8 Å². The Morgan fingerprint density at radius 3 is 2.24 bits per heavy atom. The number of nitrogens with zero attached hydrogens (tertiary/aromatic N) is 1. The second kappa shape index (κ2) is 6.12. The molecule has 0 unspecified atom stereocenters. The van der Waals surface area contributed by atoms with Gasteiger partial charge in [0.1, 0.15) is 5.76 Å². The Balaban J connectivity index is 1.97. The Bertz CT molecular complexity index is 443. The van der Waals surface area contributed by atoms with Crippen LogP contribution in [0.4, 0.5) is 0 Å². The van der Waals surface area contributed by atoms with Crippen molar-refractivity contribution >= 4 is 0 Å². The predicted octanol–water partition coefficient (Wildman–Crippen LogP) is 4.88. The molecule has 0 saturated heterocycles. The van der Waals surface area contributed by atoms with Gasteiger partial charge >= 0.3 is 0 Å². The van der Waals surface area contributed by atoms with E-state index in [9.17, 15) is 0 Å². The first kappa shape index (κ1) is 16.5. The van der Waals surface area contributed by atoms with Gasteiger partial charge in [-0.2, -0.15) is 0 Å². The van der Waals surface area contributed by atoms with Crippen LogP contribution in [0.2, 0.25) is 0 Å². The van der Waals surface area contributed by atoms with Crippen LogP contribution in [0, 0.1) is 11.3 Å². The second-order valence-corrected chi connectivity index (χ2v) is 8.68. The lowest BCUT2D eigenvalue weighted by Crippen LogP contribution is -2.35. The first-order valence-electron chi connectivity index (χ1n) is 8.34. The van der Waals surface area contributed by atoms with E-state index >= 15 is 0 Å². The third kappa shape index (κ3) is 4.57. The molecule has 1 aliphatic carbocycles. The van der Waals surface area contributed by atoms with Gasteiger partial charge in [-0.25, -0.2) is 4.98 Å². The van der Waals surface area contributed by atoms with Gasteiger partial charge in [0.15, 0.2) is 6.39 Å². The maximum Gasteiger partial charge on any atom is 0.181 e. The fraction of sp³-hybridized carbons (Fsp3) is 0.833. The van der Waals surface area contributed by atoms with Gasteiger partial charge in [-0.05, 0) is 57.8 Å². The average Bonchev–Trinajstić information content (AvgIpc) is 2.83. The molecule has 0 aliphatic heterocycles. The quantitative estimate of drug-likeness (QED) is 0.862. The van der Waals surface area contributed by atoms with E-state index in [0.717, 1.165) is 23.9 Å². The molecule has 1 N–H and O–H groups in total. The van der Waals surface area contributed by atoms with Crippen LogP contribution in [0.25, 0.3) is 0 Å². The number of hydrogen-bond acceptors (Lipinski definition) is 3. The second-order valence-electron chi connectivity index (χ2n) is 8.68. The topological polar surface area (TPSA) is 38.1 Å². The molecular weight excluding hydrogens is 260 g/mol. The highest BCUT2D eigenvalue weighted by Gasteiger charge is 2.32. The highest BCUT2D eigenvalue weighted by Crippen LogP contribution is 2.43. The molecule has 0 radical (unpaired) electrons. The van der Waals surface area contributed by atoms with Crippen molar-refractivity contribution in [3.63, 3.8) is 0 Å². The standard InChI is InChI=1S/C18H32N2O/c1-17(2,3)14-9-7-13(8-10-14)16-15(19-12-21-16)11-20-18(4,5)6/h12-14,20H,7-11H2,1-6H3. The number of rotatable bonds is 3. The van der Waals surface area contributed by atoms with Crippen LogP contribution in [0.15, 0.2) is 10.8 Å². The van der Waals surface area contributed by atoms with Crippen molar-refractivity contribution in [1.82, 2.24) is 10.3 Å². The van der Waals surface area contributed by atoms with E-state index < -0.39 is 0 Å². The summed E-state index contributed by atoms with van der Waals surface area (Å²) in [7, 11) is 0. The zero-order chi connectivity index (χ0) is 15.7. The normalized spacial score (nSPS) is 24.3. The Morgan fingerprint density at radius 2 is 1.71 bits per heavy atom. The van der Waals surface area contributed by atoms with Gasteiger partial charge in [0, 0.05) is 18.0 Å². The Hall–Kier alpha value is -0.830. The van der Waals surface area contributed by atoms with Crippen molar-refractivity contribution in [2.45, 2.75) is 85.2 Å². The Kier molecular flexibility index (Phi) is 4.82. The zero-order valence-corrected chi connectivity index (χ0v) is 14.6. The molecule has 1 saturated carbocycles. The summed E-state index contributed by atoms with van der Waals surface area (Å²) in [5.74, 6) is 2.52. The van der Waals surface area contributed by atoms with E-state index in [0.29, 0.717) is 11.3 Å². The van der Waals surface area contributed by atoms with Crippen LogP contribution < -0.4 is 5.32 Å². The van der Waals surface area contributed by atoms with Gasteiger partial charge in [0.25, 0.3) is 0 Å². The van der Waals surface area contributed by atoms with E-state index in [1.54, 1.807) is 6.39 Å². The van der Waals surface area contributed by atoms with E-state index in [4.69, 9.17) is 4.42 Å². The number of nitrogens with one attached hydrogen (secondary N) is 1. The van der Waals surface area contributed by atoms with Crippen LogP contribution >= 0.6 is 0 Å². The van der Waals surface area contributed by atoms with Gasteiger partial charge < -0.3 is 9.73 Å². The van der Waals surface area contributed by atoms with Crippen LogP contribution in [0.3, 0.4) is 0 Å². The summed E-state index contributed by atoms with van der Waals surface area (Å²) in [6.45, 7) is 14.4. The van der Waals surface area contributed by atoms with Crippen molar-refractivity contribution in [1.29, 1.82) is 0 Å². The zero-order valence-electron chi connectivity index (χ0n) is 14.6. The summed E-state index contributed by atoms with van der Waals surface area (Å²) in [5, 5.41) is 3.51. The van der Waals surface area contributed by atoms with E-state index in [1.165, 1.54) is 25.7 Å². The molecule has 2 rings (SSSR count). The molecular formula is C18H32N2O. The summed E-state index contributed by atoms with van der Waals surface area (Å²) >= 11 is 0. The summed E-state index contributed by atoms with van der Waals surface area (Å²) in [5.41, 5.74) is 1.65. The minimum absolute atomic E-state index is 0.111. The lowest BCUT2D eigenvalue weighted by atomic mass is 9.69. The Morgan fingerprint density at radius 1 is 1.10 bits per heavy atom. The number of hydrogen-bond donors (Lipinski definition) is 1. The highest BCUT2D eigenvalue weighted by molar-refractivity contribution is 5.14. The largest absolute Gasteiger partial charge is 0.448 e. The van der Waals surface area contributed by atoms with Crippen molar-refractivity contribution in [3.05, 3.63) is 17.8 Å². The fourth-order valence-electron chi connectivity index (χ4n) is 3.31. The van der Waals surface area contributed by atoms with Gasteiger partial charge in [-0.15, -0.1) is 0 Å². The van der Waals surface area contributed by atoms with Crippen molar-refractivity contribution < 1.29 is 4.42 Å². The molecule has 1 fully saturated rings. The molecule has 3 nitrogen and oxygen atoms in total. The minimum Gasteiger partial charge on any atom is -0.448 e. The molecule has 0 bridgehead atoms. The summed E-state index contributed by atoms with van der Waals surface area (Å²) in [4.78, 5) is 4.43. The third-order valence-corrected chi connectivity index (χ3v) is 4.78. The van der Waals surface area contributed by atoms with E-state index in [2.05, 4.69) is 51.8 Å². The van der Waals surface area contributed by atoms with Gasteiger partial charge in [0.2, 0.25) is 0 Å². The molecule has 3 heteroatoms. The summed E-state index contributed by atoms with van der Waals surface area (Å²) < 4.78 is 5.74. The molecule has 1 heterocycles. The number of oxazole rings is 1. The summed E-state index contributed by atoms with van der Waals surface area (Å²) in [6.07, 6.45) is 6.70. The Labute approximate surface area is 129 Å². The molecule has 1 aromatic rings. The monoisotopic (exact) mass is 292 g/mol. The average molecular weight is 292 g/mol. The van der Waals surface area contributed by atoms with E-state index in [-0.39, 0.29) is 5.54 Å². The van der Waals surface area contributed by atoms with E-state index in [1.807, 2.05) is 0 Å². The number of aromatic nitrogens is 1. The molecule has 21 heavy (non-hydrogen) atoms. The summed E-state index contributed by atoms with van der Waals surface area (Å²) in [6, 6.07) is 0. The van der Waals surface area contributed by atoms with Gasteiger partial charge in [-0.3, -0.25) is 0 Å². The molecule has 120 valence electrons. The first-order valence-corrected chi connectivity index (χ1v) is 8.34. The SMILES string of the molecule is CC(C)(C)NCc1ncoc1C1CCC(C(C)(C)C)CC1. The molecule has 1 aromatic heterocycles. The lowest BCUT2D eigenvalue weighted by molar-refractivity contribution is 0.163. The molecule has 0 aromatic carbocycles. The molecule has 0 amide bonds. The van der Waals surface area contributed by atoms with Crippen LogP contribution in [0.1, 0.15) is 84.6 Å². The van der Waals surface area contributed by atoms with Crippen molar-refractivity contribution in [2.75, 3.05) is 0 Å². The van der Waals surface area contributed by atoms with Crippen LogP contribution in [0.5, 0.6) is 0 Å². The van der Waals surface area contributed by atoms with Crippen LogP contribution in [-0.4, -0.2) is 10.5 Å². The minimum atomic E-state index is 0.111. The van der Waals surface area contributed by atoms with Gasteiger partial charge in [0.05, 0.1) is 5.69 Å². The maximum absolute atomic E-state index is 5.74. The van der Waals surface area contributed by atoms with Crippen molar-refractivity contribution in [2.24, 2.45) is 11.3 Å². The molecule has 1 aliphatic rings. The predicted molar refractivity (Wildman–Crippen MR) is 87.2 cm³/mol. The highest BCUT2D eigenvalue weighted by atomic mass is 16.3. The van der Waals surface area contributed by atoms with Crippen molar-refractivity contribution in [3.8, 4) is 0 Å². The first-order chi connectivity index (χ1) is 9.67.